The first kappa shape index (κ1) is 30.8. The Morgan fingerprint density at radius 3 is 1.32 bits per heavy atom. The van der Waals surface area contributed by atoms with E-state index in [2.05, 4.69) is 178 Å². The SMILES string of the molecule is CN1/C(=C/c2sc3ccccc3[n+]2C)C=C(N2CCN(C3=C/C(=C\c4sc5ccccc5[n+]4C)N(C)c4ccccc43)CC2)c2ccccc21. The van der Waals surface area contributed by atoms with E-state index >= 15 is 0 Å². The minimum atomic E-state index is 0.952. The third kappa shape index (κ3) is 5.13. The predicted molar refractivity (Wildman–Crippen MR) is 211 cm³/mol. The molecule has 9 rings (SSSR count). The summed E-state index contributed by atoms with van der Waals surface area (Å²) in [5.74, 6) is 0. The summed E-state index contributed by atoms with van der Waals surface area (Å²) in [6.07, 6.45) is 9.50. The topological polar surface area (TPSA) is 20.7 Å². The molecule has 4 aromatic carbocycles. The smallest absolute Gasteiger partial charge is 0.264 e. The largest absolute Gasteiger partial charge is 0.367 e. The van der Waals surface area contributed by atoms with Crippen molar-refractivity contribution >= 4 is 78.0 Å². The average Bonchev–Trinajstić information content (AvgIpc) is 3.65. The monoisotopic (exact) mass is 692 g/mol. The molecule has 3 aliphatic heterocycles. The van der Waals surface area contributed by atoms with Crippen LogP contribution in [0.25, 0.3) is 44.0 Å². The molecule has 0 radical (unpaired) electrons. The van der Waals surface area contributed by atoms with Gasteiger partial charge in [0.25, 0.3) is 10.0 Å². The Morgan fingerprint density at radius 1 is 0.520 bits per heavy atom. The third-order valence-electron chi connectivity index (χ3n) is 10.5. The second kappa shape index (κ2) is 12.3. The summed E-state index contributed by atoms with van der Waals surface area (Å²) in [6, 6.07) is 35.0. The Morgan fingerprint density at radius 2 is 0.900 bits per heavy atom. The number of para-hydroxylation sites is 4. The number of thiazole rings is 2. The highest BCUT2D eigenvalue weighted by atomic mass is 32.1. The zero-order valence-corrected chi connectivity index (χ0v) is 30.5. The lowest BCUT2D eigenvalue weighted by Crippen LogP contribution is -2.45. The summed E-state index contributed by atoms with van der Waals surface area (Å²) in [7, 11) is 8.73. The molecule has 6 aromatic rings. The molecule has 0 N–H and O–H groups in total. The number of aryl methyl sites for hydroxylation is 2. The molecule has 0 saturated carbocycles. The molecular formula is C42H40N6S2+2. The first-order valence-electron chi connectivity index (χ1n) is 17.2. The van der Waals surface area contributed by atoms with Crippen LogP contribution >= 0.6 is 22.7 Å². The van der Waals surface area contributed by atoms with E-state index in [-0.39, 0.29) is 0 Å². The summed E-state index contributed by atoms with van der Waals surface area (Å²) in [5, 5.41) is 2.49. The van der Waals surface area contributed by atoms with Crippen LogP contribution in [-0.2, 0) is 14.1 Å². The van der Waals surface area contributed by atoms with Crippen molar-refractivity contribution in [3.8, 4) is 0 Å². The molecule has 248 valence electrons. The van der Waals surface area contributed by atoms with Crippen LogP contribution in [-0.4, -0.2) is 50.1 Å². The minimum Gasteiger partial charge on any atom is -0.367 e. The number of anilines is 2. The number of fused-ring (bicyclic) bond motifs is 4. The van der Waals surface area contributed by atoms with Crippen molar-refractivity contribution in [1.82, 2.24) is 9.80 Å². The summed E-state index contributed by atoms with van der Waals surface area (Å²) in [6.45, 7) is 3.81. The highest BCUT2D eigenvalue weighted by molar-refractivity contribution is 7.19. The van der Waals surface area contributed by atoms with E-state index in [9.17, 15) is 0 Å². The standard InChI is InChI=1S/C42H40N6S2/c1-43-29(27-41-45(3)35-17-9-11-19-39(35)49-41)25-37(31-13-5-7-15-33(31)43)47-21-23-48(24-22-47)38-26-30(44(2)34-16-8-6-14-32(34)38)28-42-46(4)36-18-10-12-20-40(36)50-42/h5-20,25-28H,21-24H2,1-4H3/q+2. The van der Waals surface area contributed by atoms with Crippen LogP contribution in [0.4, 0.5) is 11.4 Å². The van der Waals surface area contributed by atoms with Crippen molar-refractivity contribution in [2.45, 2.75) is 0 Å². The first-order valence-corrected chi connectivity index (χ1v) is 18.9. The number of likely N-dealkylation sites (N-methyl/N-ethyl adjacent to an activating group) is 2. The number of hydrogen-bond acceptors (Lipinski definition) is 6. The van der Waals surface area contributed by atoms with Gasteiger partial charge in [0.1, 0.15) is 23.5 Å². The summed E-state index contributed by atoms with van der Waals surface area (Å²) < 4.78 is 7.23. The van der Waals surface area contributed by atoms with Crippen LogP contribution in [0, 0.1) is 0 Å². The number of piperazine rings is 1. The number of allylic oxidation sites excluding steroid dienone is 2. The highest BCUT2D eigenvalue weighted by Crippen LogP contribution is 2.41. The lowest BCUT2D eigenvalue weighted by atomic mass is 9.99. The van der Waals surface area contributed by atoms with Gasteiger partial charge in [0.05, 0.1) is 22.8 Å². The first-order chi connectivity index (χ1) is 24.4. The van der Waals surface area contributed by atoms with Crippen LogP contribution in [0.15, 0.2) is 121 Å². The van der Waals surface area contributed by atoms with Gasteiger partial charge in [0.15, 0.2) is 0 Å². The van der Waals surface area contributed by atoms with E-state index in [4.69, 9.17) is 0 Å². The molecule has 0 spiro atoms. The zero-order valence-electron chi connectivity index (χ0n) is 28.9. The maximum atomic E-state index is 2.59. The van der Waals surface area contributed by atoms with Gasteiger partial charge in [-0.2, -0.15) is 9.13 Å². The predicted octanol–water partition coefficient (Wildman–Crippen LogP) is 7.75. The fourth-order valence-corrected chi connectivity index (χ4v) is 9.80. The van der Waals surface area contributed by atoms with Crippen molar-refractivity contribution in [3.63, 3.8) is 0 Å². The van der Waals surface area contributed by atoms with Crippen LogP contribution in [0.3, 0.4) is 0 Å². The maximum absolute atomic E-state index is 2.59. The van der Waals surface area contributed by atoms with E-state index in [1.807, 2.05) is 22.7 Å². The molecule has 2 aromatic heterocycles. The Hall–Kier alpha value is -5.18. The van der Waals surface area contributed by atoms with Gasteiger partial charge in [0, 0.05) is 87.1 Å². The Bertz CT molecular complexity index is 2250. The number of aromatic nitrogens is 2. The van der Waals surface area contributed by atoms with Crippen LogP contribution in [0.5, 0.6) is 0 Å². The third-order valence-corrected chi connectivity index (χ3v) is 12.8. The van der Waals surface area contributed by atoms with E-state index < -0.39 is 0 Å². The minimum absolute atomic E-state index is 0.952. The quantitative estimate of drug-likeness (QED) is 0.176. The normalized spacial score (nSPS) is 17.8. The van der Waals surface area contributed by atoms with E-state index in [0.717, 1.165) is 26.2 Å². The molecule has 0 aliphatic carbocycles. The number of hydrogen-bond donors (Lipinski definition) is 0. The molecule has 3 aliphatic rings. The van der Waals surface area contributed by atoms with E-state index in [0.29, 0.717) is 0 Å². The summed E-state index contributed by atoms with van der Waals surface area (Å²) in [5.41, 5.74) is 12.7. The van der Waals surface area contributed by atoms with Crippen molar-refractivity contribution in [3.05, 3.63) is 142 Å². The Labute approximate surface area is 301 Å². The molecule has 0 atom stereocenters. The van der Waals surface area contributed by atoms with Gasteiger partial charge >= 0.3 is 0 Å². The van der Waals surface area contributed by atoms with Crippen LogP contribution in [0.2, 0.25) is 0 Å². The van der Waals surface area contributed by atoms with Crippen molar-refractivity contribution < 1.29 is 9.13 Å². The average molecular weight is 693 g/mol. The summed E-state index contributed by atoms with van der Waals surface area (Å²) >= 11 is 3.69. The summed E-state index contributed by atoms with van der Waals surface area (Å²) in [4.78, 5) is 9.86. The Kier molecular flexibility index (Phi) is 7.59. The fourth-order valence-electron chi connectivity index (χ4n) is 7.61. The number of nitrogens with zero attached hydrogens (tertiary/aromatic N) is 6. The molecule has 6 nitrogen and oxygen atoms in total. The second-order valence-corrected chi connectivity index (χ2v) is 15.4. The van der Waals surface area contributed by atoms with Gasteiger partial charge in [-0.1, -0.05) is 83.3 Å². The lowest BCUT2D eigenvalue weighted by Gasteiger charge is -2.43. The molecule has 0 amide bonds. The van der Waals surface area contributed by atoms with Crippen molar-refractivity contribution in [1.29, 1.82) is 0 Å². The number of benzene rings is 4. The molecule has 5 heterocycles. The zero-order chi connectivity index (χ0) is 33.9. The van der Waals surface area contributed by atoms with E-state index in [1.54, 1.807) is 0 Å². The van der Waals surface area contributed by atoms with Gasteiger partial charge in [-0.15, -0.1) is 0 Å². The second-order valence-electron chi connectivity index (χ2n) is 13.3. The van der Waals surface area contributed by atoms with Gasteiger partial charge in [-0.25, -0.2) is 0 Å². The van der Waals surface area contributed by atoms with Crippen molar-refractivity contribution in [2.24, 2.45) is 14.1 Å². The molecule has 0 unspecified atom stereocenters. The van der Waals surface area contributed by atoms with Gasteiger partial charge < -0.3 is 19.6 Å². The van der Waals surface area contributed by atoms with Gasteiger partial charge in [-0.05, 0) is 36.4 Å². The molecule has 8 heteroatoms. The molecular weight excluding hydrogens is 653 g/mol. The van der Waals surface area contributed by atoms with Crippen LogP contribution in [0.1, 0.15) is 21.1 Å². The number of rotatable bonds is 4. The maximum Gasteiger partial charge on any atom is 0.264 e. The van der Waals surface area contributed by atoms with Gasteiger partial charge in [0.2, 0.25) is 11.0 Å². The fraction of sp³-hybridized carbons (Fsp3) is 0.190. The molecule has 50 heavy (non-hydrogen) atoms. The molecule has 1 fully saturated rings. The van der Waals surface area contributed by atoms with Gasteiger partial charge in [-0.3, -0.25) is 0 Å². The lowest BCUT2D eigenvalue weighted by molar-refractivity contribution is -0.642. The van der Waals surface area contributed by atoms with Crippen molar-refractivity contribution in [2.75, 3.05) is 50.1 Å². The molecule has 1 saturated heterocycles. The highest BCUT2D eigenvalue weighted by Gasteiger charge is 2.30. The van der Waals surface area contributed by atoms with Crippen LogP contribution < -0.4 is 18.9 Å². The van der Waals surface area contributed by atoms with E-state index in [1.165, 1.54) is 75.7 Å². The Balaban J connectivity index is 1.04. The molecule has 0 bridgehead atoms.